The Morgan fingerprint density at radius 1 is 1.23 bits per heavy atom. The fraction of sp³-hybridized carbons (Fsp3) is 0.562. The van der Waals surface area contributed by atoms with Crippen molar-refractivity contribution in [1.29, 1.82) is 0 Å². The van der Waals surface area contributed by atoms with Gasteiger partial charge in [-0.1, -0.05) is 0 Å². The molecule has 0 aliphatic carbocycles. The molecule has 2 N–H and O–H groups in total. The summed E-state index contributed by atoms with van der Waals surface area (Å²) in [6, 6.07) is 1.94. The molecule has 1 aromatic carbocycles. The lowest BCUT2D eigenvalue weighted by Crippen LogP contribution is -2.38. The zero-order valence-electron chi connectivity index (χ0n) is 12.9. The van der Waals surface area contributed by atoms with Crippen LogP contribution in [0, 0.1) is 0 Å². The van der Waals surface area contributed by atoms with Gasteiger partial charge in [-0.25, -0.2) is 4.79 Å². The summed E-state index contributed by atoms with van der Waals surface area (Å²) in [5.74, 6) is 2.00. The number of benzene rings is 1. The second-order valence-corrected chi connectivity index (χ2v) is 5.44. The van der Waals surface area contributed by atoms with Crippen molar-refractivity contribution in [2.45, 2.75) is 19.3 Å². The van der Waals surface area contributed by atoms with Gasteiger partial charge in [0.2, 0.25) is 0 Å². The number of carbonyl (C=O) groups is 1. The molecule has 1 aromatic rings. The van der Waals surface area contributed by atoms with Crippen LogP contribution in [0.25, 0.3) is 0 Å². The number of carbonyl (C=O) groups excluding carboxylic acids is 1. The van der Waals surface area contributed by atoms with Gasteiger partial charge in [-0.05, 0) is 12.5 Å². The summed E-state index contributed by atoms with van der Waals surface area (Å²) in [4.78, 5) is 11.6. The summed E-state index contributed by atoms with van der Waals surface area (Å²) in [7, 11) is 1.61. The second kappa shape index (κ2) is 6.87. The monoisotopic (exact) mass is 306 g/mol. The summed E-state index contributed by atoms with van der Waals surface area (Å²) in [5.41, 5.74) is 3.65. The van der Waals surface area contributed by atoms with Crippen LogP contribution in [0.15, 0.2) is 6.07 Å². The fourth-order valence-corrected chi connectivity index (χ4v) is 2.98. The third-order valence-corrected chi connectivity index (χ3v) is 4.01. The van der Waals surface area contributed by atoms with Crippen molar-refractivity contribution in [2.75, 3.05) is 40.0 Å². The summed E-state index contributed by atoms with van der Waals surface area (Å²) >= 11 is 0. The molecule has 22 heavy (non-hydrogen) atoms. The lowest BCUT2D eigenvalue weighted by Gasteiger charge is -2.13. The first-order valence-corrected chi connectivity index (χ1v) is 7.73. The molecule has 6 heteroatoms. The van der Waals surface area contributed by atoms with Crippen LogP contribution in [0.1, 0.15) is 16.7 Å². The van der Waals surface area contributed by atoms with Crippen molar-refractivity contribution >= 4 is 6.03 Å². The van der Waals surface area contributed by atoms with Crippen LogP contribution in [0.5, 0.6) is 11.5 Å². The Balaban J connectivity index is 1.60. The molecule has 0 atom stereocenters. The van der Waals surface area contributed by atoms with E-state index in [-0.39, 0.29) is 6.03 Å². The molecule has 0 saturated carbocycles. The van der Waals surface area contributed by atoms with Gasteiger partial charge >= 0.3 is 6.03 Å². The first kappa shape index (κ1) is 15.0. The van der Waals surface area contributed by atoms with Gasteiger partial charge < -0.3 is 24.8 Å². The van der Waals surface area contributed by atoms with Crippen molar-refractivity contribution in [3.05, 3.63) is 22.8 Å². The van der Waals surface area contributed by atoms with E-state index in [9.17, 15) is 4.79 Å². The number of urea groups is 1. The number of hydrogen-bond acceptors (Lipinski definition) is 4. The average Bonchev–Trinajstić information content (AvgIpc) is 3.15. The molecule has 0 saturated heterocycles. The molecular formula is C16H22N2O4. The largest absolute Gasteiger partial charge is 0.493 e. The van der Waals surface area contributed by atoms with E-state index in [0.29, 0.717) is 19.7 Å². The van der Waals surface area contributed by atoms with Crippen LogP contribution >= 0.6 is 0 Å². The minimum atomic E-state index is -0.168. The van der Waals surface area contributed by atoms with E-state index >= 15 is 0 Å². The Morgan fingerprint density at radius 2 is 2.05 bits per heavy atom. The van der Waals surface area contributed by atoms with E-state index in [2.05, 4.69) is 16.7 Å². The minimum absolute atomic E-state index is 0.168. The number of nitrogens with one attached hydrogen (secondary N) is 2. The zero-order chi connectivity index (χ0) is 15.4. The van der Waals surface area contributed by atoms with Crippen LogP contribution in [0.2, 0.25) is 0 Å². The molecule has 2 amide bonds. The predicted octanol–water partition coefficient (Wildman–Crippen LogP) is 1.04. The number of hydrogen-bond donors (Lipinski definition) is 2. The van der Waals surface area contributed by atoms with Crippen molar-refractivity contribution in [3.8, 4) is 11.5 Å². The Bertz CT molecular complexity index is 527. The number of amides is 2. The lowest BCUT2D eigenvalue weighted by atomic mass is 9.97. The van der Waals surface area contributed by atoms with Crippen LogP contribution < -0.4 is 20.1 Å². The summed E-state index contributed by atoms with van der Waals surface area (Å²) in [6.45, 7) is 3.06. The lowest BCUT2D eigenvalue weighted by molar-refractivity contribution is 0.196. The van der Waals surface area contributed by atoms with E-state index in [1.54, 1.807) is 7.11 Å². The Labute approximate surface area is 130 Å². The van der Waals surface area contributed by atoms with Gasteiger partial charge in [-0.2, -0.15) is 0 Å². The van der Waals surface area contributed by atoms with Gasteiger partial charge in [0, 0.05) is 49.7 Å². The minimum Gasteiger partial charge on any atom is -0.493 e. The first-order chi connectivity index (χ1) is 10.8. The van der Waals surface area contributed by atoms with Crippen LogP contribution in [0.3, 0.4) is 0 Å². The highest BCUT2D eigenvalue weighted by molar-refractivity contribution is 5.73. The van der Waals surface area contributed by atoms with E-state index in [1.807, 2.05) is 0 Å². The molecule has 0 fully saturated rings. The summed E-state index contributed by atoms with van der Waals surface area (Å²) in [6.07, 6.45) is 2.61. The van der Waals surface area contributed by atoms with Gasteiger partial charge in [0.15, 0.2) is 0 Å². The van der Waals surface area contributed by atoms with Crippen molar-refractivity contribution in [2.24, 2.45) is 0 Å². The van der Waals surface area contributed by atoms with Crippen LogP contribution in [0.4, 0.5) is 4.79 Å². The van der Waals surface area contributed by atoms with E-state index < -0.39 is 0 Å². The maximum absolute atomic E-state index is 11.6. The van der Waals surface area contributed by atoms with Crippen molar-refractivity contribution in [3.63, 3.8) is 0 Å². The highest BCUT2D eigenvalue weighted by atomic mass is 16.5. The number of ether oxygens (including phenoxy) is 3. The third-order valence-electron chi connectivity index (χ3n) is 4.01. The average molecular weight is 306 g/mol. The Kier molecular flexibility index (Phi) is 4.68. The molecule has 6 nitrogen and oxygen atoms in total. The van der Waals surface area contributed by atoms with Gasteiger partial charge in [-0.15, -0.1) is 0 Å². The second-order valence-electron chi connectivity index (χ2n) is 5.44. The quantitative estimate of drug-likeness (QED) is 0.771. The zero-order valence-corrected chi connectivity index (χ0v) is 12.9. The standard InChI is InChI=1S/C16H22N2O4/c1-20-9-6-18-16(19)17-5-2-13-12-4-8-21-14(12)10-11-3-7-22-15(11)13/h10H,2-9H2,1H3,(H2,17,18,19). The molecule has 0 aromatic heterocycles. The van der Waals surface area contributed by atoms with Gasteiger partial charge in [0.25, 0.3) is 0 Å². The molecule has 0 bridgehead atoms. The van der Waals surface area contributed by atoms with E-state index in [4.69, 9.17) is 14.2 Å². The number of rotatable bonds is 6. The Morgan fingerprint density at radius 3 is 2.91 bits per heavy atom. The maximum atomic E-state index is 11.6. The molecule has 2 aliphatic heterocycles. The van der Waals surface area contributed by atoms with E-state index in [1.165, 1.54) is 16.7 Å². The van der Waals surface area contributed by atoms with Crippen LogP contribution in [-0.4, -0.2) is 46.1 Å². The molecule has 2 aliphatic rings. The third kappa shape index (κ3) is 3.11. The maximum Gasteiger partial charge on any atom is 0.314 e. The predicted molar refractivity (Wildman–Crippen MR) is 81.8 cm³/mol. The van der Waals surface area contributed by atoms with Gasteiger partial charge in [0.1, 0.15) is 11.5 Å². The van der Waals surface area contributed by atoms with Crippen molar-refractivity contribution in [1.82, 2.24) is 10.6 Å². The molecular weight excluding hydrogens is 284 g/mol. The SMILES string of the molecule is COCCNC(=O)NCCc1c2c(cc3c1OCC3)OCC2. The van der Waals surface area contributed by atoms with Crippen molar-refractivity contribution < 1.29 is 19.0 Å². The molecule has 0 radical (unpaired) electrons. The van der Waals surface area contributed by atoms with Gasteiger partial charge in [0.05, 0.1) is 19.8 Å². The summed E-state index contributed by atoms with van der Waals surface area (Å²) in [5, 5.41) is 5.61. The topological polar surface area (TPSA) is 68.8 Å². The molecule has 3 rings (SSSR count). The molecule has 120 valence electrons. The number of fused-ring (bicyclic) bond motifs is 2. The van der Waals surface area contributed by atoms with Crippen LogP contribution in [-0.2, 0) is 24.0 Å². The smallest absolute Gasteiger partial charge is 0.314 e. The fourth-order valence-electron chi connectivity index (χ4n) is 2.98. The normalized spacial score (nSPS) is 14.8. The summed E-state index contributed by atoms with van der Waals surface area (Å²) < 4.78 is 16.4. The highest BCUT2D eigenvalue weighted by Gasteiger charge is 2.26. The molecule has 0 spiro atoms. The first-order valence-electron chi connectivity index (χ1n) is 7.73. The molecule has 2 heterocycles. The Hall–Kier alpha value is -1.95. The number of methoxy groups -OCH3 is 1. The molecule has 0 unspecified atom stereocenters. The highest BCUT2D eigenvalue weighted by Crippen LogP contribution is 2.40. The van der Waals surface area contributed by atoms with Gasteiger partial charge in [-0.3, -0.25) is 0 Å². The van der Waals surface area contributed by atoms with E-state index in [0.717, 1.165) is 44.0 Å².